The van der Waals surface area contributed by atoms with E-state index in [2.05, 4.69) is 15.6 Å². The largest absolute Gasteiger partial charge is 0.442 e. The summed E-state index contributed by atoms with van der Waals surface area (Å²) in [5, 5.41) is 7.40. The second-order valence-electron chi connectivity index (χ2n) is 8.07. The lowest BCUT2D eigenvalue weighted by Gasteiger charge is -2.36. The molecule has 1 aromatic carbocycles. The normalized spacial score (nSPS) is 18.6. The van der Waals surface area contributed by atoms with Gasteiger partial charge in [0.1, 0.15) is 17.7 Å². The van der Waals surface area contributed by atoms with Crippen LogP contribution in [0, 0.1) is 5.82 Å². The number of anilines is 4. The van der Waals surface area contributed by atoms with Gasteiger partial charge in [-0.25, -0.2) is 14.2 Å². The molecule has 4 N–H and O–H groups in total. The Morgan fingerprint density at radius 2 is 2.06 bits per heavy atom. The van der Waals surface area contributed by atoms with E-state index in [1.165, 1.54) is 29.2 Å². The highest BCUT2D eigenvalue weighted by Crippen LogP contribution is 2.28. The van der Waals surface area contributed by atoms with Crippen molar-refractivity contribution in [1.29, 1.82) is 0 Å². The summed E-state index contributed by atoms with van der Waals surface area (Å²) in [7, 11) is 0. The van der Waals surface area contributed by atoms with Crippen LogP contribution in [-0.4, -0.2) is 79.7 Å². The molecule has 1 atom stereocenters. The number of piperazine rings is 1. The first-order valence-corrected chi connectivity index (χ1v) is 11.7. The smallest absolute Gasteiger partial charge is 0.414 e. The fourth-order valence-corrected chi connectivity index (χ4v) is 4.39. The molecule has 1 aromatic heterocycles. The molecule has 11 nitrogen and oxygen atoms in total. The van der Waals surface area contributed by atoms with E-state index in [1.807, 2.05) is 9.80 Å². The number of rotatable bonds is 7. The predicted octanol–water partition coefficient (Wildman–Crippen LogP) is 1.09. The Morgan fingerprint density at radius 1 is 1.29 bits per heavy atom. The molecule has 4 rings (SSSR count). The van der Waals surface area contributed by atoms with Gasteiger partial charge < -0.3 is 26.0 Å². The van der Waals surface area contributed by atoms with E-state index >= 15 is 0 Å². The van der Waals surface area contributed by atoms with E-state index in [9.17, 15) is 18.8 Å². The number of nitrogen functional groups attached to an aromatic ring is 1. The number of benzene rings is 1. The molecule has 0 saturated carbocycles. The van der Waals surface area contributed by atoms with Crippen molar-refractivity contribution in [2.45, 2.75) is 13.0 Å². The maximum Gasteiger partial charge on any atom is 0.414 e. The predicted molar refractivity (Wildman–Crippen MR) is 127 cm³/mol. The van der Waals surface area contributed by atoms with Gasteiger partial charge in [-0.3, -0.25) is 19.4 Å². The summed E-state index contributed by atoms with van der Waals surface area (Å²) in [5.74, 6) is -0.390. The van der Waals surface area contributed by atoms with Crippen molar-refractivity contribution in [1.82, 2.24) is 15.2 Å². The van der Waals surface area contributed by atoms with Crippen LogP contribution in [0.25, 0.3) is 0 Å². The lowest BCUT2D eigenvalue weighted by Crippen LogP contribution is -2.49. The third-order valence-electron chi connectivity index (χ3n) is 5.57. The molecule has 3 amide bonds. The minimum Gasteiger partial charge on any atom is -0.442 e. The number of hydrogen-bond donors (Lipinski definition) is 3. The van der Waals surface area contributed by atoms with Crippen molar-refractivity contribution in [3.05, 3.63) is 29.4 Å². The molecular weight excluding hydrogens is 465 g/mol. The number of nitrogens with two attached hydrogens (primary N) is 1. The van der Waals surface area contributed by atoms with Gasteiger partial charge in [-0.2, -0.15) is 0 Å². The van der Waals surface area contributed by atoms with Gasteiger partial charge in [0.15, 0.2) is 5.13 Å². The summed E-state index contributed by atoms with van der Waals surface area (Å²) in [6, 6.07) is 4.64. The van der Waals surface area contributed by atoms with E-state index in [0.717, 1.165) is 0 Å². The summed E-state index contributed by atoms with van der Waals surface area (Å²) >= 11 is 1.26. The summed E-state index contributed by atoms with van der Waals surface area (Å²) in [4.78, 5) is 44.7. The molecule has 2 saturated heterocycles. The first kappa shape index (κ1) is 23.7. The summed E-state index contributed by atoms with van der Waals surface area (Å²) in [6.07, 6.45) is -1.06. The van der Waals surface area contributed by atoms with Crippen LogP contribution >= 0.6 is 11.3 Å². The molecule has 13 heteroatoms. The Hall–Kier alpha value is -3.45. The minimum atomic E-state index is -0.574. The van der Waals surface area contributed by atoms with E-state index < -0.39 is 18.0 Å². The van der Waals surface area contributed by atoms with Gasteiger partial charge in [0, 0.05) is 38.5 Å². The van der Waals surface area contributed by atoms with Crippen LogP contribution < -0.4 is 26.2 Å². The Kier molecular flexibility index (Phi) is 7.12. The average molecular weight is 492 g/mol. The fourth-order valence-electron chi connectivity index (χ4n) is 3.89. The van der Waals surface area contributed by atoms with Crippen molar-refractivity contribution in [2.24, 2.45) is 0 Å². The molecule has 2 aromatic rings. The Balaban J connectivity index is 1.29. The summed E-state index contributed by atoms with van der Waals surface area (Å²) < 4.78 is 20.2. The first-order chi connectivity index (χ1) is 16.3. The first-order valence-electron chi connectivity index (χ1n) is 10.8. The number of nitrogens with one attached hydrogen (secondary N) is 2. The van der Waals surface area contributed by atoms with E-state index in [0.29, 0.717) is 48.5 Å². The van der Waals surface area contributed by atoms with Crippen molar-refractivity contribution in [3.63, 3.8) is 0 Å². The molecule has 0 spiro atoms. The highest BCUT2D eigenvalue weighted by molar-refractivity contribution is 7.13. The van der Waals surface area contributed by atoms with Gasteiger partial charge >= 0.3 is 6.09 Å². The number of ether oxygens (including phenoxy) is 1. The monoisotopic (exact) mass is 491 g/mol. The van der Waals surface area contributed by atoms with Gasteiger partial charge in [-0.05, 0) is 18.2 Å². The molecule has 0 aliphatic carbocycles. The molecule has 2 aliphatic heterocycles. The highest BCUT2D eigenvalue weighted by atomic mass is 32.1. The molecule has 2 fully saturated rings. The molecular formula is C21H26FN7O4S. The molecule has 0 unspecified atom stereocenters. The highest BCUT2D eigenvalue weighted by Gasteiger charge is 2.33. The molecule has 34 heavy (non-hydrogen) atoms. The number of amides is 3. The Bertz CT molecular complexity index is 1070. The van der Waals surface area contributed by atoms with Gasteiger partial charge in [-0.15, -0.1) is 11.3 Å². The second kappa shape index (κ2) is 10.2. The average Bonchev–Trinajstić information content (AvgIpc) is 3.37. The topological polar surface area (TPSA) is 133 Å². The third-order valence-corrected chi connectivity index (χ3v) is 6.24. The maximum absolute atomic E-state index is 14.9. The van der Waals surface area contributed by atoms with Crippen molar-refractivity contribution in [2.75, 3.05) is 66.7 Å². The number of cyclic esters (lactones) is 1. The standard InChI is InChI=1S/C21H26FN7O4S/c1-13(30)24-9-15-10-29(21(32)33-15)14-2-3-17(16(22)8-14)28-6-4-27(5-7-28)11-19(31)25-18-12-34-20(23)26-18/h2-3,8,12,15H,4-7,9-11H2,1H3,(H2,23,26)(H,24,30)(H,25,31)/t15-/m0/s1. The van der Waals surface area contributed by atoms with E-state index in [1.54, 1.807) is 17.5 Å². The lowest BCUT2D eigenvalue weighted by atomic mass is 10.2. The number of aromatic nitrogens is 1. The number of halogens is 1. The zero-order valence-corrected chi connectivity index (χ0v) is 19.4. The van der Waals surface area contributed by atoms with Crippen LogP contribution in [0.15, 0.2) is 23.6 Å². The third kappa shape index (κ3) is 5.72. The maximum atomic E-state index is 14.9. The van der Waals surface area contributed by atoms with E-state index in [-0.39, 0.29) is 31.4 Å². The SMILES string of the molecule is CC(=O)NC[C@H]1CN(c2ccc(N3CCN(CC(=O)Nc4csc(N)n4)CC3)c(F)c2)C(=O)O1. The van der Waals surface area contributed by atoms with Crippen molar-refractivity contribution >= 4 is 51.6 Å². The van der Waals surface area contributed by atoms with Crippen molar-refractivity contribution in [3.8, 4) is 0 Å². The molecule has 2 aliphatic rings. The van der Waals surface area contributed by atoms with Crippen LogP contribution in [0.1, 0.15) is 6.92 Å². The van der Waals surface area contributed by atoms with Crippen LogP contribution in [0.5, 0.6) is 0 Å². The van der Waals surface area contributed by atoms with Crippen LogP contribution in [0.3, 0.4) is 0 Å². The van der Waals surface area contributed by atoms with Crippen molar-refractivity contribution < 1.29 is 23.5 Å². The zero-order valence-electron chi connectivity index (χ0n) is 18.6. The van der Waals surface area contributed by atoms with Gasteiger partial charge in [-0.1, -0.05) is 0 Å². The summed E-state index contributed by atoms with van der Waals surface area (Å²) in [6.45, 7) is 4.33. The number of thiazole rings is 1. The summed E-state index contributed by atoms with van der Waals surface area (Å²) in [5.41, 5.74) is 6.41. The van der Waals surface area contributed by atoms with Gasteiger partial charge in [0.05, 0.1) is 31.0 Å². The number of carbonyl (C=O) groups excluding carboxylic acids is 3. The molecule has 3 heterocycles. The Morgan fingerprint density at radius 3 is 2.71 bits per heavy atom. The number of nitrogens with zero attached hydrogens (tertiary/aromatic N) is 4. The minimum absolute atomic E-state index is 0.177. The number of carbonyl (C=O) groups is 3. The lowest BCUT2D eigenvalue weighted by molar-refractivity contribution is -0.119. The van der Waals surface area contributed by atoms with Crippen LogP contribution in [0.4, 0.5) is 31.5 Å². The second-order valence-corrected chi connectivity index (χ2v) is 8.96. The molecule has 182 valence electrons. The van der Waals surface area contributed by atoms with Crippen LogP contribution in [-0.2, 0) is 14.3 Å². The molecule has 0 radical (unpaired) electrons. The van der Waals surface area contributed by atoms with Crippen LogP contribution in [0.2, 0.25) is 0 Å². The number of hydrogen-bond acceptors (Lipinski definition) is 9. The molecule has 0 bridgehead atoms. The fraction of sp³-hybridized carbons (Fsp3) is 0.429. The van der Waals surface area contributed by atoms with Gasteiger partial charge in [0.2, 0.25) is 11.8 Å². The zero-order chi connectivity index (χ0) is 24.2. The Labute approximate surface area is 199 Å². The van der Waals surface area contributed by atoms with Gasteiger partial charge in [0.25, 0.3) is 0 Å². The quantitative estimate of drug-likeness (QED) is 0.524. The van der Waals surface area contributed by atoms with E-state index in [4.69, 9.17) is 10.5 Å².